The van der Waals surface area contributed by atoms with Crippen molar-refractivity contribution in [2.75, 3.05) is 6.61 Å². The molecule has 8 heteroatoms. The van der Waals surface area contributed by atoms with E-state index in [-0.39, 0.29) is 10.7 Å². The summed E-state index contributed by atoms with van der Waals surface area (Å²) in [6.45, 7) is 2.99. The Morgan fingerprint density at radius 2 is 1.83 bits per heavy atom. The fourth-order valence-electron chi connectivity index (χ4n) is 2.87. The van der Waals surface area contributed by atoms with Crippen LogP contribution in [0.4, 0.5) is 4.39 Å². The Morgan fingerprint density at radius 3 is 2.45 bits per heavy atom. The van der Waals surface area contributed by atoms with Gasteiger partial charge in [0.15, 0.2) is 0 Å². The van der Waals surface area contributed by atoms with Gasteiger partial charge >= 0.3 is 0 Å². The van der Waals surface area contributed by atoms with Crippen molar-refractivity contribution in [1.82, 2.24) is 9.78 Å². The van der Waals surface area contributed by atoms with Crippen molar-refractivity contribution in [2.24, 2.45) is 5.14 Å². The van der Waals surface area contributed by atoms with E-state index in [1.165, 1.54) is 24.3 Å². The van der Waals surface area contributed by atoms with Crippen LogP contribution in [0.2, 0.25) is 0 Å². The second-order valence-electron chi connectivity index (χ2n) is 6.58. The molecule has 0 aliphatic rings. The fraction of sp³-hybridized carbons (Fsp3) is 0.238. The zero-order valence-electron chi connectivity index (χ0n) is 16.1. The van der Waals surface area contributed by atoms with Crippen molar-refractivity contribution in [3.63, 3.8) is 0 Å². The van der Waals surface area contributed by atoms with Crippen LogP contribution in [-0.4, -0.2) is 24.8 Å². The first-order chi connectivity index (χ1) is 13.9. The zero-order chi connectivity index (χ0) is 20.9. The number of aromatic nitrogens is 2. The predicted octanol–water partition coefficient (Wildman–Crippen LogP) is 3.85. The van der Waals surface area contributed by atoms with Gasteiger partial charge in [-0.25, -0.2) is 22.6 Å². The Labute approximate surface area is 170 Å². The van der Waals surface area contributed by atoms with E-state index in [4.69, 9.17) is 9.88 Å². The van der Waals surface area contributed by atoms with E-state index in [0.29, 0.717) is 18.9 Å². The number of rotatable bonds is 9. The molecule has 0 aliphatic carbocycles. The van der Waals surface area contributed by atoms with Crippen LogP contribution in [0.15, 0.2) is 59.5 Å². The second-order valence-corrected chi connectivity index (χ2v) is 8.14. The van der Waals surface area contributed by atoms with Gasteiger partial charge in [0.05, 0.1) is 28.6 Å². The summed E-state index contributed by atoms with van der Waals surface area (Å²) in [5, 5.41) is 9.77. The molecule has 0 saturated carbocycles. The van der Waals surface area contributed by atoms with Gasteiger partial charge < -0.3 is 4.74 Å². The lowest BCUT2D eigenvalue weighted by Crippen LogP contribution is -2.12. The van der Waals surface area contributed by atoms with Gasteiger partial charge in [-0.1, -0.05) is 6.92 Å². The van der Waals surface area contributed by atoms with Gasteiger partial charge in [0.2, 0.25) is 10.0 Å². The third-order valence-electron chi connectivity index (χ3n) is 4.34. The minimum atomic E-state index is -3.78. The number of benzene rings is 2. The number of ether oxygens (including phenoxy) is 1. The number of halogens is 1. The minimum absolute atomic E-state index is 0.0213. The summed E-state index contributed by atoms with van der Waals surface area (Å²) in [7, 11) is -3.78. The molecule has 0 aliphatic heterocycles. The smallest absolute Gasteiger partial charge is 0.238 e. The van der Waals surface area contributed by atoms with Gasteiger partial charge in [0.25, 0.3) is 0 Å². The van der Waals surface area contributed by atoms with E-state index >= 15 is 0 Å². The monoisotopic (exact) mass is 416 g/mol. The summed E-state index contributed by atoms with van der Waals surface area (Å²) in [5.41, 5.74) is 2.90. The molecule has 153 valence electrons. The van der Waals surface area contributed by atoms with Crippen LogP contribution in [0.3, 0.4) is 0 Å². The first-order valence-electron chi connectivity index (χ1n) is 9.22. The van der Waals surface area contributed by atoms with E-state index in [2.05, 4.69) is 11.5 Å². The molecule has 3 rings (SSSR count). The Morgan fingerprint density at radius 1 is 1.14 bits per heavy atom. The summed E-state index contributed by atoms with van der Waals surface area (Å²) in [5.74, 6) is -0.325. The van der Waals surface area contributed by atoms with Crippen LogP contribution in [0.25, 0.3) is 16.9 Å². The molecule has 2 N–H and O–H groups in total. The fourth-order valence-corrected chi connectivity index (χ4v) is 3.38. The number of nitrogens with two attached hydrogens (primary N) is 1. The summed E-state index contributed by atoms with van der Waals surface area (Å²) in [6, 6.07) is 14.1. The van der Waals surface area contributed by atoms with Crippen LogP contribution in [0, 0.1) is 12.2 Å². The Kier molecular flexibility index (Phi) is 6.79. The molecule has 2 aromatic carbocycles. The number of hydrogen-bond donors (Lipinski definition) is 1. The van der Waals surface area contributed by atoms with Crippen molar-refractivity contribution in [1.29, 1.82) is 0 Å². The van der Waals surface area contributed by atoms with E-state index in [1.807, 2.05) is 13.0 Å². The lowest BCUT2D eigenvalue weighted by Gasteiger charge is -2.08. The molecular weight excluding hydrogens is 393 g/mol. The summed E-state index contributed by atoms with van der Waals surface area (Å²) < 4.78 is 43.7. The highest BCUT2D eigenvalue weighted by atomic mass is 32.2. The quantitative estimate of drug-likeness (QED) is 0.537. The lowest BCUT2D eigenvalue weighted by molar-refractivity contribution is 0.116. The maximum atomic E-state index is 13.3. The minimum Gasteiger partial charge on any atom is -0.375 e. The largest absolute Gasteiger partial charge is 0.375 e. The van der Waals surface area contributed by atoms with Crippen LogP contribution in [0.5, 0.6) is 0 Å². The molecule has 0 atom stereocenters. The molecule has 0 unspecified atom stereocenters. The second kappa shape index (κ2) is 9.30. The third-order valence-corrected chi connectivity index (χ3v) is 5.27. The lowest BCUT2D eigenvalue weighted by atomic mass is 10.1. The molecular formula is C21H23FN3O3S. The Balaban J connectivity index is 1.92. The summed E-state index contributed by atoms with van der Waals surface area (Å²) in [6.07, 6.45) is 4.03. The maximum absolute atomic E-state index is 13.3. The van der Waals surface area contributed by atoms with Crippen molar-refractivity contribution in [2.45, 2.75) is 31.3 Å². The topological polar surface area (TPSA) is 87.2 Å². The molecule has 6 nitrogen and oxygen atoms in total. The number of nitrogens with zero attached hydrogens (tertiary/aromatic N) is 2. The Hall–Kier alpha value is -2.55. The van der Waals surface area contributed by atoms with Gasteiger partial charge in [-0.05, 0) is 73.9 Å². The summed E-state index contributed by atoms with van der Waals surface area (Å²) in [4.78, 5) is 0.0213. The van der Waals surface area contributed by atoms with Gasteiger partial charge in [-0.15, -0.1) is 0 Å². The highest BCUT2D eigenvalue weighted by molar-refractivity contribution is 7.89. The molecule has 0 fully saturated rings. The van der Waals surface area contributed by atoms with Gasteiger partial charge in [0, 0.05) is 12.2 Å². The SMILES string of the molecule is C[CH]CCCOCc1cc(-c2ccc(F)cc2)n(-c2ccc(S(N)(=O)=O)cc2)n1. The van der Waals surface area contributed by atoms with E-state index in [0.717, 1.165) is 29.8 Å². The zero-order valence-corrected chi connectivity index (χ0v) is 16.9. The number of hydrogen-bond acceptors (Lipinski definition) is 4. The highest BCUT2D eigenvalue weighted by Crippen LogP contribution is 2.25. The summed E-state index contributed by atoms with van der Waals surface area (Å²) >= 11 is 0. The first-order valence-corrected chi connectivity index (χ1v) is 10.8. The molecule has 0 bridgehead atoms. The van der Waals surface area contributed by atoms with E-state index in [9.17, 15) is 12.8 Å². The molecule has 1 heterocycles. The molecule has 0 spiro atoms. The molecule has 0 amide bonds. The van der Waals surface area contributed by atoms with Gasteiger partial charge in [-0.3, -0.25) is 0 Å². The van der Waals surface area contributed by atoms with Crippen LogP contribution >= 0.6 is 0 Å². The van der Waals surface area contributed by atoms with Crippen molar-refractivity contribution in [3.05, 3.63) is 72.5 Å². The first kappa shape index (κ1) is 21.2. The third kappa shape index (κ3) is 5.50. The van der Waals surface area contributed by atoms with Crippen LogP contribution < -0.4 is 5.14 Å². The average molecular weight is 416 g/mol. The molecule has 1 radical (unpaired) electrons. The van der Waals surface area contributed by atoms with Crippen molar-refractivity contribution >= 4 is 10.0 Å². The van der Waals surface area contributed by atoms with Crippen LogP contribution in [0.1, 0.15) is 25.5 Å². The normalized spacial score (nSPS) is 11.7. The molecule has 1 aromatic heterocycles. The Bertz CT molecular complexity index is 1050. The predicted molar refractivity (Wildman–Crippen MR) is 109 cm³/mol. The van der Waals surface area contributed by atoms with Crippen molar-refractivity contribution < 1.29 is 17.5 Å². The van der Waals surface area contributed by atoms with Gasteiger partial charge in [-0.2, -0.15) is 5.10 Å². The van der Waals surface area contributed by atoms with Crippen molar-refractivity contribution in [3.8, 4) is 16.9 Å². The number of unbranched alkanes of at least 4 members (excludes halogenated alkanes) is 2. The molecule has 3 aromatic rings. The average Bonchev–Trinajstić information content (AvgIpc) is 3.12. The standard InChI is InChI=1S/C21H23FN3O3S/c1-2-3-4-13-28-15-18-14-21(16-5-7-17(22)8-6-16)25(24-18)19-9-11-20(12-10-19)29(23,26)27/h2,5-12,14H,3-4,13,15H2,1H3,(H2,23,26,27). The maximum Gasteiger partial charge on any atom is 0.238 e. The molecule has 29 heavy (non-hydrogen) atoms. The van der Waals surface area contributed by atoms with Crippen LogP contribution in [-0.2, 0) is 21.4 Å². The van der Waals surface area contributed by atoms with Gasteiger partial charge in [0.1, 0.15) is 5.82 Å². The number of sulfonamides is 1. The van der Waals surface area contributed by atoms with E-state index in [1.54, 1.807) is 28.9 Å². The highest BCUT2D eigenvalue weighted by Gasteiger charge is 2.14. The van der Waals surface area contributed by atoms with E-state index < -0.39 is 10.0 Å². The number of primary sulfonamides is 1. The molecule has 0 saturated heterocycles.